The van der Waals surface area contributed by atoms with E-state index in [1.165, 1.54) is 6.07 Å². The van der Waals surface area contributed by atoms with E-state index in [-0.39, 0.29) is 29.3 Å². The molecule has 6 nitrogen and oxygen atoms in total. The summed E-state index contributed by atoms with van der Waals surface area (Å²) in [6.07, 6.45) is 3.11. The monoisotopic (exact) mass is 290 g/mol. The molecule has 1 amide bonds. The second-order valence-electron chi connectivity index (χ2n) is 5.76. The summed E-state index contributed by atoms with van der Waals surface area (Å²) < 4.78 is 5.62. The molecular weight excluding hydrogens is 272 g/mol. The van der Waals surface area contributed by atoms with Crippen molar-refractivity contribution in [1.82, 2.24) is 5.32 Å². The number of carbonyl (C=O) groups is 1. The SMILES string of the molecule is Cc1cccc([N+](=O)[O-])c1C(=O)N[C@@H]1C[C@H]2OCCC[C@@H]12. The number of ether oxygens (including phenoxy) is 1. The van der Waals surface area contributed by atoms with Gasteiger partial charge in [-0.2, -0.15) is 0 Å². The van der Waals surface area contributed by atoms with Gasteiger partial charge >= 0.3 is 0 Å². The van der Waals surface area contributed by atoms with E-state index in [0.29, 0.717) is 11.5 Å². The van der Waals surface area contributed by atoms with Crippen molar-refractivity contribution >= 4 is 11.6 Å². The molecule has 1 aromatic carbocycles. The van der Waals surface area contributed by atoms with E-state index in [2.05, 4.69) is 5.32 Å². The number of nitro benzene ring substituents is 1. The van der Waals surface area contributed by atoms with E-state index < -0.39 is 4.92 Å². The third-order valence-electron chi connectivity index (χ3n) is 4.49. The first-order chi connectivity index (χ1) is 10.1. The van der Waals surface area contributed by atoms with Crippen molar-refractivity contribution < 1.29 is 14.5 Å². The van der Waals surface area contributed by atoms with Crippen molar-refractivity contribution in [2.24, 2.45) is 5.92 Å². The highest BCUT2D eigenvalue weighted by atomic mass is 16.6. The molecule has 21 heavy (non-hydrogen) atoms. The number of fused-ring (bicyclic) bond motifs is 1. The van der Waals surface area contributed by atoms with Gasteiger partial charge in [-0.25, -0.2) is 0 Å². The third kappa shape index (κ3) is 2.51. The van der Waals surface area contributed by atoms with Gasteiger partial charge in [0.2, 0.25) is 0 Å². The van der Waals surface area contributed by atoms with E-state index in [4.69, 9.17) is 4.74 Å². The van der Waals surface area contributed by atoms with Gasteiger partial charge in [0.1, 0.15) is 5.56 Å². The van der Waals surface area contributed by atoms with Crippen LogP contribution in [-0.4, -0.2) is 29.6 Å². The summed E-state index contributed by atoms with van der Waals surface area (Å²) in [5.41, 5.74) is 0.656. The molecule has 0 radical (unpaired) electrons. The summed E-state index contributed by atoms with van der Waals surface area (Å²) >= 11 is 0. The predicted molar refractivity (Wildman–Crippen MR) is 76.2 cm³/mol. The Morgan fingerprint density at radius 2 is 2.29 bits per heavy atom. The minimum atomic E-state index is -0.505. The van der Waals surface area contributed by atoms with Gasteiger partial charge in [0.25, 0.3) is 11.6 Å². The molecule has 1 N–H and O–H groups in total. The van der Waals surface area contributed by atoms with Crippen LogP contribution in [0.5, 0.6) is 0 Å². The smallest absolute Gasteiger partial charge is 0.282 e. The van der Waals surface area contributed by atoms with Crippen molar-refractivity contribution in [3.63, 3.8) is 0 Å². The van der Waals surface area contributed by atoms with Gasteiger partial charge in [0.05, 0.1) is 11.0 Å². The van der Waals surface area contributed by atoms with E-state index in [1.54, 1.807) is 19.1 Å². The topological polar surface area (TPSA) is 81.5 Å². The molecule has 6 heteroatoms. The summed E-state index contributed by atoms with van der Waals surface area (Å²) in [5.74, 6) is -0.000372. The molecule has 1 saturated carbocycles. The lowest BCUT2D eigenvalue weighted by Crippen LogP contribution is -2.57. The van der Waals surface area contributed by atoms with E-state index in [1.807, 2.05) is 0 Å². The molecule has 3 atom stereocenters. The normalized spacial score (nSPS) is 27.4. The van der Waals surface area contributed by atoms with Crippen molar-refractivity contribution in [3.05, 3.63) is 39.4 Å². The zero-order chi connectivity index (χ0) is 15.0. The van der Waals surface area contributed by atoms with Crippen LogP contribution >= 0.6 is 0 Å². The molecule has 0 spiro atoms. The molecule has 2 fully saturated rings. The van der Waals surface area contributed by atoms with E-state index >= 15 is 0 Å². The highest BCUT2D eigenvalue weighted by Crippen LogP contribution is 2.38. The number of carbonyl (C=O) groups excluding carboxylic acids is 1. The fraction of sp³-hybridized carbons (Fsp3) is 0.533. The molecule has 0 aromatic heterocycles. The highest BCUT2D eigenvalue weighted by Gasteiger charge is 2.44. The van der Waals surface area contributed by atoms with E-state index in [0.717, 1.165) is 25.9 Å². The maximum atomic E-state index is 12.4. The Hall–Kier alpha value is -1.95. The maximum Gasteiger partial charge on any atom is 0.282 e. The highest BCUT2D eigenvalue weighted by molar-refractivity contribution is 5.99. The Bertz CT molecular complexity index is 587. The minimum Gasteiger partial charge on any atom is -0.378 e. The van der Waals surface area contributed by atoms with Crippen molar-refractivity contribution in [1.29, 1.82) is 0 Å². The lowest BCUT2D eigenvalue weighted by Gasteiger charge is -2.47. The lowest BCUT2D eigenvalue weighted by molar-refractivity contribution is -0.385. The largest absolute Gasteiger partial charge is 0.378 e. The first-order valence-electron chi connectivity index (χ1n) is 7.24. The molecule has 0 bridgehead atoms. The van der Waals surface area contributed by atoms with Crippen LogP contribution in [0.1, 0.15) is 35.2 Å². The van der Waals surface area contributed by atoms with Crippen LogP contribution in [0.15, 0.2) is 18.2 Å². The predicted octanol–water partition coefficient (Wildman–Crippen LogP) is 2.20. The second kappa shape index (κ2) is 5.44. The number of benzene rings is 1. The van der Waals surface area contributed by atoms with Crippen LogP contribution in [0.25, 0.3) is 0 Å². The summed E-state index contributed by atoms with van der Waals surface area (Å²) in [5, 5.41) is 14.0. The van der Waals surface area contributed by atoms with Gasteiger partial charge in [0, 0.05) is 24.6 Å². The van der Waals surface area contributed by atoms with Crippen molar-refractivity contribution in [2.45, 2.75) is 38.3 Å². The third-order valence-corrected chi connectivity index (χ3v) is 4.49. The van der Waals surface area contributed by atoms with Gasteiger partial charge in [-0.15, -0.1) is 0 Å². The molecule has 1 aliphatic carbocycles. The van der Waals surface area contributed by atoms with E-state index in [9.17, 15) is 14.9 Å². The molecule has 1 aromatic rings. The van der Waals surface area contributed by atoms with Crippen LogP contribution < -0.4 is 5.32 Å². The van der Waals surface area contributed by atoms with Crippen LogP contribution in [0.2, 0.25) is 0 Å². The number of nitro groups is 1. The molecule has 3 rings (SSSR count). The van der Waals surface area contributed by atoms with Gasteiger partial charge in [-0.05, 0) is 31.7 Å². The van der Waals surface area contributed by atoms with Gasteiger partial charge in [-0.3, -0.25) is 14.9 Å². The van der Waals surface area contributed by atoms with Crippen LogP contribution in [0, 0.1) is 23.0 Å². The first kappa shape index (κ1) is 14.0. The van der Waals surface area contributed by atoms with Crippen molar-refractivity contribution in [3.8, 4) is 0 Å². The quantitative estimate of drug-likeness (QED) is 0.683. The molecule has 112 valence electrons. The maximum absolute atomic E-state index is 12.4. The Balaban J connectivity index is 1.76. The molecule has 0 unspecified atom stereocenters. The van der Waals surface area contributed by atoms with Crippen LogP contribution in [-0.2, 0) is 4.74 Å². The summed E-state index contributed by atoms with van der Waals surface area (Å²) in [6.45, 7) is 2.51. The minimum absolute atomic E-state index is 0.0713. The number of hydrogen-bond acceptors (Lipinski definition) is 4. The Labute approximate surface area is 122 Å². The zero-order valence-corrected chi connectivity index (χ0v) is 11.9. The first-order valence-corrected chi connectivity index (χ1v) is 7.24. The number of rotatable bonds is 3. The summed E-state index contributed by atoms with van der Waals surface area (Å²) in [6, 6.07) is 4.75. The summed E-state index contributed by atoms with van der Waals surface area (Å²) in [7, 11) is 0. The fourth-order valence-electron chi connectivity index (χ4n) is 3.30. The second-order valence-corrected chi connectivity index (χ2v) is 5.76. The average molecular weight is 290 g/mol. The zero-order valence-electron chi connectivity index (χ0n) is 11.9. The molecule has 1 heterocycles. The average Bonchev–Trinajstić information content (AvgIpc) is 2.44. The number of nitrogens with zero attached hydrogens (tertiary/aromatic N) is 1. The van der Waals surface area contributed by atoms with Gasteiger partial charge in [0.15, 0.2) is 0 Å². The summed E-state index contributed by atoms with van der Waals surface area (Å²) in [4.78, 5) is 23.0. The molecule has 1 aliphatic heterocycles. The van der Waals surface area contributed by atoms with Crippen LogP contribution in [0.4, 0.5) is 5.69 Å². The molecule has 2 aliphatic rings. The fourth-order valence-corrected chi connectivity index (χ4v) is 3.30. The molecular formula is C15H18N2O4. The van der Waals surface area contributed by atoms with Crippen molar-refractivity contribution in [2.75, 3.05) is 6.61 Å². The molecule has 1 saturated heterocycles. The number of nitrogens with one attached hydrogen (secondary N) is 1. The number of aryl methyl sites for hydroxylation is 1. The standard InChI is InChI=1S/C15H18N2O4/c1-9-4-2-6-12(17(19)20)14(9)15(18)16-11-8-13-10(11)5-3-7-21-13/h2,4,6,10-11,13H,3,5,7-8H2,1H3,(H,16,18)/t10-,11+,13+/m0/s1. The lowest BCUT2D eigenvalue weighted by atomic mass is 9.72. The number of amides is 1. The van der Waals surface area contributed by atoms with Crippen LogP contribution in [0.3, 0.4) is 0 Å². The Kier molecular flexibility index (Phi) is 3.63. The number of hydrogen-bond donors (Lipinski definition) is 1. The Morgan fingerprint density at radius 3 is 3.00 bits per heavy atom. The Morgan fingerprint density at radius 1 is 1.48 bits per heavy atom. The van der Waals surface area contributed by atoms with Gasteiger partial charge in [-0.1, -0.05) is 12.1 Å². The van der Waals surface area contributed by atoms with Gasteiger partial charge < -0.3 is 10.1 Å².